The Bertz CT molecular complexity index is 682. The van der Waals surface area contributed by atoms with Crippen LogP contribution in [0.15, 0.2) is 29.8 Å². The second kappa shape index (κ2) is 7.53. The number of nitrogens with one attached hydrogen (secondary N) is 1. The van der Waals surface area contributed by atoms with Gasteiger partial charge >= 0.3 is 6.03 Å². The summed E-state index contributed by atoms with van der Waals surface area (Å²) in [6.07, 6.45) is 1.82. The van der Waals surface area contributed by atoms with Crippen molar-refractivity contribution in [2.75, 3.05) is 38.2 Å². The Labute approximate surface area is 146 Å². The Kier molecular flexibility index (Phi) is 5.20. The van der Waals surface area contributed by atoms with Crippen LogP contribution in [0.25, 0.3) is 0 Å². The topological polar surface area (TPSA) is 57.7 Å². The highest BCUT2D eigenvalue weighted by atomic mass is 32.1. The van der Waals surface area contributed by atoms with Gasteiger partial charge in [0.1, 0.15) is 5.75 Å². The van der Waals surface area contributed by atoms with Crippen molar-refractivity contribution in [3.63, 3.8) is 0 Å². The number of hydrogen-bond acceptors (Lipinski definition) is 5. The third kappa shape index (κ3) is 3.79. The molecule has 1 saturated heterocycles. The van der Waals surface area contributed by atoms with Crippen LogP contribution in [0.1, 0.15) is 11.1 Å². The van der Waals surface area contributed by atoms with E-state index >= 15 is 0 Å². The first-order valence-electron chi connectivity index (χ1n) is 7.98. The number of nitrogens with zero attached hydrogens (tertiary/aromatic N) is 3. The molecule has 7 heteroatoms. The summed E-state index contributed by atoms with van der Waals surface area (Å²) in [5, 5.41) is 6.01. The van der Waals surface area contributed by atoms with Gasteiger partial charge in [0.2, 0.25) is 0 Å². The average Bonchev–Trinajstić information content (AvgIpc) is 3.14. The molecule has 0 aliphatic carbocycles. The van der Waals surface area contributed by atoms with Crippen molar-refractivity contribution in [2.24, 2.45) is 0 Å². The smallest absolute Gasteiger partial charge is 0.317 e. The van der Waals surface area contributed by atoms with Gasteiger partial charge in [0.15, 0.2) is 5.13 Å². The zero-order chi connectivity index (χ0) is 16.9. The Morgan fingerprint density at radius 3 is 2.75 bits per heavy atom. The third-order valence-electron chi connectivity index (χ3n) is 4.16. The maximum absolute atomic E-state index is 12.3. The van der Waals surface area contributed by atoms with E-state index in [1.807, 2.05) is 41.6 Å². The van der Waals surface area contributed by atoms with Gasteiger partial charge in [-0.25, -0.2) is 9.78 Å². The Balaban J connectivity index is 1.48. The molecule has 2 aromatic rings. The van der Waals surface area contributed by atoms with Gasteiger partial charge in [0.25, 0.3) is 0 Å². The number of urea groups is 1. The molecule has 1 aromatic carbocycles. The first-order chi connectivity index (χ1) is 11.7. The Morgan fingerprint density at radius 1 is 1.33 bits per heavy atom. The summed E-state index contributed by atoms with van der Waals surface area (Å²) in [5.41, 5.74) is 2.14. The predicted molar refractivity (Wildman–Crippen MR) is 95.9 cm³/mol. The minimum absolute atomic E-state index is 0.0118. The van der Waals surface area contributed by atoms with E-state index in [0.717, 1.165) is 35.1 Å². The van der Waals surface area contributed by atoms with Gasteiger partial charge in [-0.2, -0.15) is 0 Å². The lowest BCUT2D eigenvalue weighted by Crippen LogP contribution is -2.51. The van der Waals surface area contributed by atoms with Gasteiger partial charge in [0, 0.05) is 44.3 Å². The van der Waals surface area contributed by atoms with Crippen LogP contribution in [-0.4, -0.2) is 49.2 Å². The highest BCUT2D eigenvalue weighted by Crippen LogP contribution is 2.20. The summed E-state index contributed by atoms with van der Waals surface area (Å²) in [4.78, 5) is 20.7. The molecule has 1 N–H and O–H groups in total. The maximum atomic E-state index is 12.3. The van der Waals surface area contributed by atoms with Crippen LogP contribution < -0.4 is 15.0 Å². The third-order valence-corrected chi connectivity index (χ3v) is 4.99. The molecule has 0 unspecified atom stereocenters. The molecule has 2 heterocycles. The van der Waals surface area contributed by atoms with Gasteiger partial charge in [0.05, 0.1) is 7.11 Å². The van der Waals surface area contributed by atoms with Crippen LogP contribution in [-0.2, 0) is 6.54 Å². The minimum Gasteiger partial charge on any atom is -0.496 e. The van der Waals surface area contributed by atoms with E-state index in [-0.39, 0.29) is 6.03 Å². The van der Waals surface area contributed by atoms with E-state index in [0.29, 0.717) is 19.6 Å². The number of ether oxygens (including phenoxy) is 1. The summed E-state index contributed by atoms with van der Waals surface area (Å²) in [6.45, 7) is 5.60. The van der Waals surface area contributed by atoms with Crippen molar-refractivity contribution < 1.29 is 9.53 Å². The van der Waals surface area contributed by atoms with Crippen LogP contribution in [0.4, 0.5) is 9.93 Å². The molecule has 6 nitrogen and oxygen atoms in total. The van der Waals surface area contributed by atoms with Gasteiger partial charge < -0.3 is 19.9 Å². The number of rotatable bonds is 4. The van der Waals surface area contributed by atoms with E-state index in [2.05, 4.69) is 15.2 Å². The largest absolute Gasteiger partial charge is 0.496 e. The number of aryl methyl sites for hydroxylation is 1. The van der Waals surface area contributed by atoms with Gasteiger partial charge in [-0.05, 0) is 24.1 Å². The van der Waals surface area contributed by atoms with E-state index in [1.165, 1.54) is 0 Å². The predicted octanol–water partition coefficient (Wildman–Crippen LogP) is 2.49. The fraction of sp³-hybridized carbons (Fsp3) is 0.412. The molecule has 128 valence electrons. The molecular formula is C17H22N4O2S. The fourth-order valence-electron chi connectivity index (χ4n) is 2.81. The average molecular weight is 346 g/mol. The van der Waals surface area contributed by atoms with Crippen LogP contribution in [0.5, 0.6) is 5.75 Å². The van der Waals surface area contributed by atoms with Crippen molar-refractivity contribution >= 4 is 22.5 Å². The number of anilines is 1. The number of amides is 2. The second-order valence-corrected chi connectivity index (χ2v) is 6.62. The van der Waals surface area contributed by atoms with E-state index < -0.39 is 0 Å². The van der Waals surface area contributed by atoms with Crippen molar-refractivity contribution in [3.05, 3.63) is 40.9 Å². The first-order valence-corrected chi connectivity index (χ1v) is 8.86. The van der Waals surface area contributed by atoms with E-state index in [1.54, 1.807) is 18.4 Å². The lowest BCUT2D eigenvalue weighted by atomic mass is 10.1. The van der Waals surface area contributed by atoms with Crippen LogP contribution >= 0.6 is 11.3 Å². The molecular weight excluding hydrogens is 324 g/mol. The van der Waals surface area contributed by atoms with Gasteiger partial charge in [-0.3, -0.25) is 0 Å². The van der Waals surface area contributed by atoms with Crippen molar-refractivity contribution in [3.8, 4) is 5.75 Å². The Morgan fingerprint density at radius 2 is 2.12 bits per heavy atom. The molecule has 0 atom stereocenters. The molecule has 1 aromatic heterocycles. The number of hydrogen-bond donors (Lipinski definition) is 1. The molecule has 1 aliphatic heterocycles. The summed E-state index contributed by atoms with van der Waals surface area (Å²) in [7, 11) is 1.66. The molecule has 0 saturated carbocycles. The summed E-state index contributed by atoms with van der Waals surface area (Å²) >= 11 is 1.64. The van der Waals surface area contributed by atoms with Crippen molar-refractivity contribution in [2.45, 2.75) is 13.5 Å². The second-order valence-electron chi connectivity index (χ2n) is 5.75. The Hall–Kier alpha value is -2.28. The van der Waals surface area contributed by atoms with E-state index in [9.17, 15) is 4.79 Å². The summed E-state index contributed by atoms with van der Waals surface area (Å²) in [5.74, 6) is 0.864. The molecule has 24 heavy (non-hydrogen) atoms. The quantitative estimate of drug-likeness (QED) is 0.924. The van der Waals surface area contributed by atoms with Crippen molar-refractivity contribution in [1.29, 1.82) is 0 Å². The number of piperazine rings is 1. The first kappa shape index (κ1) is 16.6. The monoisotopic (exact) mass is 346 g/mol. The van der Waals surface area contributed by atoms with Crippen LogP contribution in [0.3, 0.4) is 0 Å². The zero-order valence-corrected chi connectivity index (χ0v) is 14.8. The number of thiazole rings is 1. The lowest BCUT2D eigenvalue weighted by Gasteiger charge is -2.34. The highest BCUT2D eigenvalue weighted by molar-refractivity contribution is 7.13. The molecule has 1 aliphatic rings. The van der Waals surface area contributed by atoms with Gasteiger partial charge in [-0.1, -0.05) is 12.1 Å². The molecule has 0 spiro atoms. The van der Waals surface area contributed by atoms with Crippen molar-refractivity contribution in [1.82, 2.24) is 15.2 Å². The van der Waals surface area contributed by atoms with Gasteiger partial charge in [-0.15, -0.1) is 11.3 Å². The fourth-order valence-corrected chi connectivity index (χ4v) is 3.51. The molecule has 2 amide bonds. The standard InChI is InChI=1S/C17H22N4O2S/c1-13-11-14(3-4-15(13)23-2)12-19-16(22)20-6-8-21(9-7-20)17-18-5-10-24-17/h3-5,10-11H,6-9,12H2,1-2H3,(H,19,22). The number of carbonyl (C=O) groups is 1. The lowest BCUT2D eigenvalue weighted by molar-refractivity contribution is 0.194. The van der Waals surface area contributed by atoms with Crippen LogP contribution in [0, 0.1) is 6.92 Å². The zero-order valence-electron chi connectivity index (χ0n) is 14.0. The number of carbonyl (C=O) groups excluding carboxylic acids is 1. The molecule has 0 radical (unpaired) electrons. The number of methoxy groups -OCH3 is 1. The minimum atomic E-state index is -0.0118. The summed E-state index contributed by atoms with van der Waals surface area (Å²) < 4.78 is 5.26. The number of aromatic nitrogens is 1. The molecule has 3 rings (SSSR count). The molecule has 1 fully saturated rings. The van der Waals surface area contributed by atoms with E-state index in [4.69, 9.17) is 4.74 Å². The normalized spacial score (nSPS) is 14.6. The number of benzene rings is 1. The maximum Gasteiger partial charge on any atom is 0.317 e. The molecule has 0 bridgehead atoms. The summed E-state index contributed by atoms with van der Waals surface area (Å²) in [6, 6.07) is 5.94. The highest BCUT2D eigenvalue weighted by Gasteiger charge is 2.22. The SMILES string of the molecule is COc1ccc(CNC(=O)N2CCN(c3nccs3)CC2)cc1C. The van der Waals surface area contributed by atoms with Crippen LogP contribution in [0.2, 0.25) is 0 Å².